The van der Waals surface area contributed by atoms with Gasteiger partial charge in [0.25, 0.3) is 0 Å². The van der Waals surface area contributed by atoms with Gasteiger partial charge in [0, 0.05) is 0 Å². The molecule has 0 heterocycles. The largest absolute Gasteiger partial charge is 0.508 e. The second kappa shape index (κ2) is 3.43. The molecule has 1 nitrogen and oxygen atoms in total. The Morgan fingerprint density at radius 1 is 1.00 bits per heavy atom. The molecule has 1 aromatic carbocycles. The third kappa shape index (κ3) is 2.00. The van der Waals surface area contributed by atoms with Crippen LogP contribution in [0.4, 0.5) is 0 Å². The van der Waals surface area contributed by atoms with Crippen molar-refractivity contribution < 1.29 is 5.11 Å². The molecule has 0 amide bonds. The van der Waals surface area contributed by atoms with Crippen molar-refractivity contribution in [3.63, 3.8) is 0 Å². The van der Waals surface area contributed by atoms with E-state index in [0.29, 0.717) is 10.8 Å². The highest BCUT2D eigenvalue weighted by Gasteiger charge is 2.36. The smallest absolute Gasteiger partial charge is 0.115 e. The normalized spacial score (nSPS) is 12.9. The van der Waals surface area contributed by atoms with Crippen LogP contribution < -0.4 is 5.19 Å². The van der Waals surface area contributed by atoms with Crippen LogP contribution in [0.25, 0.3) is 0 Å². The number of phenols is 1. The van der Waals surface area contributed by atoms with Crippen LogP contribution >= 0.6 is 0 Å². The first-order valence-corrected chi connectivity index (χ1v) is 8.04. The highest BCUT2D eigenvalue weighted by molar-refractivity contribution is 6.92. The number of aromatic hydroxyl groups is 1. The van der Waals surface area contributed by atoms with Crippen molar-refractivity contribution in [2.75, 3.05) is 0 Å². The average molecular weight is 208 g/mol. The zero-order valence-electron chi connectivity index (χ0n) is 9.76. The molecule has 14 heavy (non-hydrogen) atoms. The van der Waals surface area contributed by atoms with E-state index >= 15 is 0 Å². The number of phenolic OH excluding ortho intramolecular Hbond substituents is 1. The minimum Gasteiger partial charge on any atom is -0.508 e. The monoisotopic (exact) mass is 208 g/mol. The van der Waals surface area contributed by atoms with Crippen LogP contribution in [0.15, 0.2) is 24.3 Å². The molecule has 2 heteroatoms. The molecule has 0 atom stereocenters. The zero-order chi connectivity index (χ0) is 11.0. The fraction of sp³-hybridized carbons (Fsp3) is 0.500. The molecule has 0 fully saturated rings. The summed E-state index contributed by atoms with van der Waals surface area (Å²) in [6.45, 7) is 11.6. The van der Waals surface area contributed by atoms with Crippen molar-refractivity contribution in [3.8, 4) is 5.75 Å². The molecule has 0 saturated heterocycles. The van der Waals surface area contributed by atoms with Crippen molar-refractivity contribution in [2.24, 2.45) is 0 Å². The second-order valence-corrected chi connectivity index (χ2v) is 10.7. The van der Waals surface area contributed by atoms with E-state index in [1.54, 1.807) is 12.1 Å². The number of hydrogen-bond acceptors (Lipinski definition) is 1. The van der Waals surface area contributed by atoms with Gasteiger partial charge in [0.05, 0.1) is 8.07 Å². The molecule has 0 aliphatic heterocycles. The molecule has 1 rings (SSSR count). The summed E-state index contributed by atoms with van der Waals surface area (Å²) >= 11 is 0. The lowest BCUT2D eigenvalue weighted by molar-refractivity contribution is 0.475. The Morgan fingerprint density at radius 3 is 1.79 bits per heavy atom. The van der Waals surface area contributed by atoms with E-state index in [4.69, 9.17) is 0 Å². The number of rotatable bonds is 1. The molecule has 0 radical (unpaired) electrons. The predicted molar refractivity (Wildman–Crippen MR) is 64.9 cm³/mol. The zero-order valence-corrected chi connectivity index (χ0v) is 10.8. The first-order valence-electron chi connectivity index (χ1n) is 5.04. The van der Waals surface area contributed by atoms with Gasteiger partial charge in [-0.05, 0) is 17.2 Å². The topological polar surface area (TPSA) is 20.2 Å². The van der Waals surface area contributed by atoms with Crippen molar-refractivity contribution >= 4 is 13.3 Å². The Hall–Kier alpha value is -0.763. The van der Waals surface area contributed by atoms with E-state index in [0.717, 1.165) is 0 Å². The molecular weight excluding hydrogens is 188 g/mol. The van der Waals surface area contributed by atoms with Gasteiger partial charge in [0.1, 0.15) is 5.75 Å². The maximum absolute atomic E-state index is 9.24. The SMILES string of the molecule is CC(C)(C)[Si](C)(C)c1ccc(O)cc1. The van der Waals surface area contributed by atoms with E-state index in [1.165, 1.54) is 5.19 Å². The van der Waals surface area contributed by atoms with Gasteiger partial charge in [-0.3, -0.25) is 0 Å². The lowest BCUT2D eigenvalue weighted by atomic mass is 10.2. The fourth-order valence-electron chi connectivity index (χ4n) is 1.31. The third-order valence-corrected chi connectivity index (χ3v) is 8.99. The van der Waals surface area contributed by atoms with E-state index in [9.17, 15) is 5.11 Å². The molecular formula is C12H20OSi. The standard InChI is InChI=1S/C12H20OSi/c1-12(2,3)14(4,5)11-8-6-10(13)7-9-11/h6-9,13H,1-5H3. The van der Waals surface area contributed by atoms with Crippen LogP contribution in [-0.2, 0) is 0 Å². The molecule has 1 N–H and O–H groups in total. The predicted octanol–water partition coefficient (Wildman–Crippen LogP) is 3.11. The molecule has 0 unspecified atom stereocenters. The first-order chi connectivity index (χ1) is 6.25. The molecule has 0 bridgehead atoms. The third-order valence-electron chi connectivity index (χ3n) is 3.46. The summed E-state index contributed by atoms with van der Waals surface area (Å²) in [4.78, 5) is 0. The summed E-state index contributed by atoms with van der Waals surface area (Å²) in [6, 6.07) is 7.70. The highest BCUT2D eigenvalue weighted by Crippen LogP contribution is 2.35. The van der Waals surface area contributed by atoms with Crippen molar-refractivity contribution in [2.45, 2.75) is 38.9 Å². The molecule has 0 aliphatic rings. The fourth-order valence-corrected chi connectivity index (χ4v) is 3.18. The molecule has 0 aliphatic carbocycles. The van der Waals surface area contributed by atoms with Gasteiger partial charge in [-0.2, -0.15) is 0 Å². The first kappa shape index (κ1) is 11.3. The van der Waals surface area contributed by atoms with Gasteiger partial charge in [-0.1, -0.05) is 51.2 Å². The van der Waals surface area contributed by atoms with Crippen molar-refractivity contribution in [1.29, 1.82) is 0 Å². The molecule has 0 saturated carbocycles. The summed E-state index contributed by atoms with van der Waals surface area (Å²) < 4.78 is 0. The van der Waals surface area contributed by atoms with Crippen LogP contribution in [0.2, 0.25) is 18.1 Å². The Morgan fingerprint density at radius 2 is 1.43 bits per heavy atom. The number of benzene rings is 1. The lowest BCUT2D eigenvalue weighted by Gasteiger charge is -2.37. The van der Waals surface area contributed by atoms with E-state index in [-0.39, 0.29) is 0 Å². The van der Waals surface area contributed by atoms with Crippen LogP contribution in [0.5, 0.6) is 5.75 Å². The van der Waals surface area contributed by atoms with E-state index in [1.807, 2.05) is 0 Å². The maximum atomic E-state index is 9.24. The van der Waals surface area contributed by atoms with Crippen LogP contribution in [0, 0.1) is 0 Å². The molecule has 1 aromatic rings. The molecule has 0 aromatic heterocycles. The van der Waals surface area contributed by atoms with Gasteiger partial charge >= 0.3 is 0 Å². The number of hydrogen-bond donors (Lipinski definition) is 1. The lowest BCUT2D eigenvalue weighted by Crippen LogP contribution is -2.49. The Balaban J connectivity index is 3.10. The second-order valence-electron chi connectivity index (χ2n) is 5.42. The van der Waals surface area contributed by atoms with Crippen LogP contribution in [0.3, 0.4) is 0 Å². The Kier molecular flexibility index (Phi) is 2.77. The minimum atomic E-state index is -1.42. The van der Waals surface area contributed by atoms with Gasteiger partial charge < -0.3 is 5.11 Å². The van der Waals surface area contributed by atoms with Crippen molar-refractivity contribution in [1.82, 2.24) is 0 Å². The van der Waals surface area contributed by atoms with Crippen molar-refractivity contribution in [3.05, 3.63) is 24.3 Å². The van der Waals surface area contributed by atoms with Gasteiger partial charge in [-0.25, -0.2) is 0 Å². The maximum Gasteiger partial charge on any atom is 0.115 e. The molecule has 0 spiro atoms. The Labute approximate surface area is 87.8 Å². The summed E-state index contributed by atoms with van der Waals surface area (Å²) in [5.41, 5.74) is 0. The molecule has 78 valence electrons. The minimum absolute atomic E-state index is 0.351. The average Bonchev–Trinajstić information content (AvgIpc) is 2.03. The van der Waals surface area contributed by atoms with Crippen LogP contribution in [0.1, 0.15) is 20.8 Å². The van der Waals surface area contributed by atoms with E-state index < -0.39 is 8.07 Å². The quantitative estimate of drug-likeness (QED) is 0.703. The highest BCUT2D eigenvalue weighted by atomic mass is 28.3. The summed E-state index contributed by atoms with van der Waals surface area (Å²) in [5, 5.41) is 11.0. The summed E-state index contributed by atoms with van der Waals surface area (Å²) in [6.07, 6.45) is 0. The van der Waals surface area contributed by atoms with Gasteiger partial charge in [0.2, 0.25) is 0 Å². The summed E-state index contributed by atoms with van der Waals surface area (Å²) in [7, 11) is -1.42. The van der Waals surface area contributed by atoms with E-state index in [2.05, 4.69) is 46.0 Å². The van der Waals surface area contributed by atoms with Gasteiger partial charge in [0.15, 0.2) is 0 Å². The summed E-state index contributed by atoms with van der Waals surface area (Å²) in [5.74, 6) is 0.354. The Bertz CT molecular complexity index is 306. The van der Waals surface area contributed by atoms with Gasteiger partial charge in [-0.15, -0.1) is 0 Å². The van der Waals surface area contributed by atoms with Crippen LogP contribution in [-0.4, -0.2) is 13.2 Å².